The quantitative estimate of drug-likeness (QED) is 0.810. The van der Waals surface area contributed by atoms with Crippen LogP contribution in [0.1, 0.15) is 12.8 Å². The van der Waals surface area contributed by atoms with Crippen molar-refractivity contribution in [2.24, 2.45) is 5.92 Å². The average molecular weight is 322 g/mol. The number of aromatic nitrogens is 4. The topological polar surface area (TPSA) is 46.8 Å². The lowest BCUT2D eigenvalue weighted by Crippen LogP contribution is -2.23. The molecule has 1 aliphatic rings. The van der Waals surface area contributed by atoms with E-state index in [2.05, 4.69) is 36.4 Å². The number of alkyl halides is 1. The zero-order chi connectivity index (χ0) is 13.1. The molecule has 1 aromatic heterocycles. The number of hydrogen-bond donors (Lipinski definition) is 0. The van der Waals surface area contributed by atoms with E-state index in [0.717, 1.165) is 36.0 Å². The van der Waals surface area contributed by atoms with Gasteiger partial charge in [-0.05, 0) is 41.3 Å². The second kappa shape index (κ2) is 5.69. The van der Waals surface area contributed by atoms with Crippen LogP contribution in [0.2, 0.25) is 0 Å². The molecule has 1 unspecified atom stereocenters. The van der Waals surface area contributed by atoms with Gasteiger partial charge in [0.2, 0.25) is 5.95 Å². The van der Waals surface area contributed by atoms with Crippen LogP contribution in [0.5, 0.6) is 0 Å². The molecule has 1 fully saturated rings. The molecule has 100 valence electrons. The highest BCUT2D eigenvalue weighted by molar-refractivity contribution is 9.09. The summed E-state index contributed by atoms with van der Waals surface area (Å²) in [6.07, 6.45) is 2.43. The van der Waals surface area contributed by atoms with E-state index in [9.17, 15) is 0 Å². The molecule has 2 aromatic rings. The van der Waals surface area contributed by atoms with E-state index >= 15 is 0 Å². The molecule has 0 amide bonds. The van der Waals surface area contributed by atoms with Crippen molar-refractivity contribution in [2.75, 3.05) is 23.3 Å². The summed E-state index contributed by atoms with van der Waals surface area (Å²) in [5.74, 6) is 1.59. The first-order valence-corrected chi connectivity index (χ1v) is 7.65. The summed E-state index contributed by atoms with van der Waals surface area (Å²) in [6, 6.07) is 10.0. The van der Waals surface area contributed by atoms with E-state index in [-0.39, 0.29) is 0 Å². The lowest BCUT2D eigenvalue weighted by molar-refractivity contribution is 0.574. The Balaban J connectivity index is 1.82. The zero-order valence-electron chi connectivity index (χ0n) is 10.6. The van der Waals surface area contributed by atoms with Crippen molar-refractivity contribution < 1.29 is 0 Å². The molecule has 0 radical (unpaired) electrons. The molecule has 0 aliphatic carbocycles. The van der Waals surface area contributed by atoms with E-state index < -0.39 is 0 Å². The second-order valence-electron chi connectivity index (χ2n) is 4.80. The number of para-hydroxylation sites is 1. The predicted octanol–water partition coefficient (Wildman–Crippen LogP) is 2.27. The lowest BCUT2D eigenvalue weighted by Gasteiger charge is -2.16. The lowest BCUT2D eigenvalue weighted by atomic mass is 10.1. The highest BCUT2D eigenvalue weighted by atomic mass is 79.9. The van der Waals surface area contributed by atoms with Gasteiger partial charge in [0.05, 0.1) is 5.69 Å². The Kier molecular flexibility index (Phi) is 3.77. The molecule has 0 bridgehead atoms. The van der Waals surface area contributed by atoms with Gasteiger partial charge in [0.1, 0.15) is 0 Å². The van der Waals surface area contributed by atoms with Crippen LogP contribution < -0.4 is 4.90 Å². The highest BCUT2D eigenvalue weighted by Crippen LogP contribution is 2.25. The van der Waals surface area contributed by atoms with E-state index in [1.54, 1.807) is 0 Å². The summed E-state index contributed by atoms with van der Waals surface area (Å²) in [4.78, 5) is 2.28. The van der Waals surface area contributed by atoms with Gasteiger partial charge in [-0.25, -0.2) is 0 Å². The van der Waals surface area contributed by atoms with Crippen LogP contribution in [0, 0.1) is 5.92 Å². The third kappa shape index (κ3) is 2.63. The minimum Gasteiger partial charge on any atom is -0.339 e. The minimum absolute atomic E-state index is 0.736. The maximum absolute atomic E-state index is 4.19. The monoisotopic (exact) mass is 321 g/mol. The van der Waals surface area contributed by atoms with Gasteiger partial charge in [0.25, 0.3) is 0 Å². The standard InChI is InChI=1S/C13H16BrN5/c14-8-6-11-7-9-18(10-11)13-15-16-17-19(13)12-4-2-1-3-5-12/h1-5,11H,6-10H2. The molecule has 1 saturated heterocycles. The summed E-state index contributed by atoms with van der Waals surface area (Å²) in [5.41, 5.74) is 1.01. The molecule has 19 heavy (non-hydrogen) atoms. The molecule has 6 heteroatoms. The Labute approximate surface area is 120 Å². The number of benzene rings is 1. The summed E-state index contributed by atoms with van der Waals surface area (Å²) in [5, 5.41) is 13.2. The number of nitrogens with zero attached hydrogens (tertiary/aromatic N) is 5. The van der Waals surface area contributed by atoms with Gasteiger partial charge in [0.15, 0.2) is 0 Å². The number of hydrogen-bond acceptors (Lipinski definition) is 4. The van der Waals surface area contributed by atoms with Crippen molar-refractivity contribution in [3.8, 4) is 5.69 Å². The smallest absolute Gasteiger partial charge is 0.250 e. The summed E-state index contributed by atoms with van der Waals surface area (Å²) in [7, 11) is 0. The van der Waals surface area contributed by atoms with Gasteiger partial charge in [0, 0.05) is 18.4 Å². The molecule has 3 rings (SSSR count). The fourth-order valence-electron chi connectivity index (χ4n) is 2.52. The first-order chi connectivity index (χ1) is 9.38. The normalized spacial score (nSPS) is 19.0. The highest BCUT2D eigenvalue weighted by Gasteiger charge is 2.26. The number of rotatable bonds is 4. The third-order valence-corrected chi connectivity index (χ3v) is 4.00. The van der Waals surface area contributed by atoms with Crippen LogP contribution in [-0.4, -0.2) is 38.6 Å². The van der Waals surface area contributed by atoms with Crippen LogP contribution in [0.4, 0.5) is 5.95 Å². The Morgan fingerprint density at radius 2 is 2.11 bits per heavy atom. The Bertz CT molecular complexity index is 527. The van der Waals surface area contributed by atoms with Crippen LogP contribution in [0.15, 0.2) is 30.3 Å². The first-order valence-electron chi connectivity index (χ1n) is 6.53. The fourth-order valence-corrected chi connectivity index (χ4v) is 3.17. The van der Waals surface area contributed by atoms with E-state index in [1.807, 2.05) is 35.0 Å². The van der Waals surface area contributed by atoms with Crippen LogP contribution in [0.25, 0.3) is 5.69 Å². The molecule has 2 heterocycles. The molecule has 0 spiro atoms. The molecule has 0 N–H and O–H groups in total. The van der Waals surface area contributed by atoms with Gasteiger partial charge < -0.3 is 4.90 Å². The number of halogens is 1. The summed E-state index contributed by atoms with van der Waals surface area (Å²) >= 11 is 3.52. The number of anilines is 1. The Morgan fingerprint density at radius 3 is 2.89 bits per heavy atom. The van der Waals surface area contributed by atoms with Crippen molar-refractivity contribution >= 4 is 21.9 Å². The molecule has 1 atom stereocenters. The third-order valence-electron chi connectivity index (χ3n) is 3.54. The van der Waals surface area contributed by atoms with E-state index in [4.69, 9.17) is 0 Å². The van der Waals surface area contributed by atoms with Crippen molar-refractivity contribution in [1.82, 2.24) is 20.2 Å². The van der Waals surface area contributed by atoms with Crippen molar-refractivity contribution in [3.63, 3.8) is 0 Å². The molecular weight excluding hydrogens is 306 g/mol. The first kappa shape index (κ1) is 12.6. The van der Waals surface area contributed by atoms with Crippen LogP contribution in [-0.2, 0) is 0 Å². The second-order valence-corrected chi connectivity index (χ2v) is 5.60. The Hall–Kier alpha value is -1.43. The van der Waals surface area contributed by atoms with Crippen molar-refractivity contribution in [3.05, 3.63) is 30.3 Å². The van der Waals surface area contributed by atoms with Gasteiger partial charge >= 0.3 is 0 Å². The molecular formula is C13H16BrN5. The molecule has 0 saturated carbocycles. The summed E-state index contributed by atoms with van der Waals surface area (Å²) in [6.45, 7) is 2.07. The van der Waals surface area contributed by atoms with E-state index in [1.165, 1.54) is 12.8 Å². The largest absolute Gasteiger partial charge is 0.339 e. The average Bonchev–Trinajstić information content (AvgIpc) is 3.08. The summed E-state index contributed by atoms with van der Waals surface area (Å²) < 4.78 is 1.82. The van der Waals surface area contributed by atoms with Gasteiger partial charge in [-0.1, -0.05) is 39.2 Å². The molecule has 1 aliphatic heterocycles. The van der Waals surface area contributed by atoms with Gasteiger partial charge in [-0.3, -0.25) is 0 Å². The minimum atomic E-state index is 0.736. The van der Waals surface area contributed by atoms with Gasteiger partial charge in [-0.15, -0.1) is 0 Å². The SMILES string of the molecule is BrCCC1CCN(c2nnnn2-c2ccccc2)C1. The predicted molar refractivity (Wildman–Crippen MR) is 77.9 cm³/mol. The maximum atomic E-state index is 4.19. The molecule has 5 nitrogen and oxygen atoms in total. The maximum Gasteiger partial charge on any atom is 0.250 e. The van der Waals surface area contributed by atoms with Crippen molar-refractivity contribution in [1.29, 1.82) is 0 Å². The fraction of sp³-hybridized carbons (Fsp3) is 0.462. The zero-order valence-corrected chi connectivity index (χ0v) is 12.2. The van der Waals surface area contributed by atoms with E-state index in [0.29, 0.717) is 0 Å². The Morgan fingerprint density at radius 1 is 1.26 bits per heavy atom. The molecule has 1 aromatic carbocycles. The van der Waals surface area contributed by atoms with Gasteiger partial charge in [-0.2, -0.15) is 4.68 Å². The van der Waals surface area contributed by atoms with Crippen LogP contribution >= 0.6 is 15.9 Å². The number of tetrazole rings is 1. The van der Waals surface area contributed by atoms with Crippen LogP contribution in [0.3, 0.4) is 0 Å². The van der Waals surface area contributed by atoms with Crippen molar-refractivity contribution in [2.45, 2.75) is 12.8 Å².